The molecule has 1 aliphatic rings. The summed E-state index contributed by atoms with van der Waals surface area (Å²) < 4.78 is 0. The number of rotatable bonds is 4. The second kappa shape index (κ2) is 5.48. The lowest BCUT2D eigenvalue weighted by Crippen LogP contribution is -2.31. The van der Waals surface area contributed by atoms with Gasteiger partial charge >= 0.3 is 0 Å². The lowest BCUT2D eigenvalue weighted by molar-refractivity contribution is -0.130. The highest BCUT2D eigenvalue weighted by atomic mass is 35.5. The first-order valence-electron chi connectivity index (χ1n) is 5.04. The molecular formula is C10H18ClNO. The van der Waals surface area contributed by atoms with E-state index in [2.05, 4.69) is 0 Å². The summed E-state index contributed by atoms with van der Waals surface area (Å²) in [5, 5.41) is 0. The van der Waals surface area contributed by atoms with Gasteiger partial charge in [0.25, 0.3) is 0 Å². The van der Waals surface area contributed by atoms with Gasteiger partial charge in [0.05, 0.1) is 0 Å². The molecule has 0 atom stereocenters. The molecular weight excluding hydrogens is 186 g/mol. The molecule has 0 spiro atoms. The first-order chi connectivity index (χ1) is 6.24. The van der Waals surface area contributed by atoms with E-state index in [9.17, 15) is 4.79 Å². The van der Waals surface area contributed by atoms with Crippen LogP contribution in [0.4, 0.5) is 0 Å². The number of carbonyl (C=O) groups is 1. The predicted octanol–water partition coefficient (Wildman–Crippen LogP) is 2.26. The van der Waals surface area contributed by atoms with Gasteiger partial charge in [0, 0.05) is 25.9 Å². The molecule has 3 heteroatoms. The molecule has 0 bridgehead atoms. The molecule has 0 saturated heterocycles. The van der Waals surface area contributed by atoms with E-state index in [1.807, 2.05) is 11.9 Å². The van der Waals surface area contributed by atoms with Gasteiger partial charge in [-0.2, -0.15) is 0 Å². The fraction of sp³-hybridized carbons (Fsp3) is 0.900. The number of hydrogen-bond acceptors (Lipinski definition) is 1. The van der Waals surface area contributed by atoms with E-state index in [4.69, 9.17) is 11.6 Å². The van der Waals surface area contributed by atoms with Crippen molar-refractivity contribution < 1.29 is 4.79 Å². The Balaban J connectivity index is 2.22. The molecule has 0 unspecified atom stereocenters. The first-order valence-corrected chi connectivity index (χ1v) is 5.57. The highest BCUT2D eigenvalue weighted by Crippen LogP contribution is 2.25. The van der Waals surface area contributed by atoms with Crippen molar-refractivity contribution in [3.63, 3.8) is 0 Å². The van der Waals surface area contributed by atoms with Crippen LogP contribution in [0, 0.1) is 5.92 Å². The maximum atomic E-state index is 11.4. The van der Waals surface area contributed by atoms with Gasteiger partial charge in [-0.05, 0) is 18.8 Å². The second-order valence-electron chi connectivity index (χ2n) is 3.86. The van der Waals surface area contributed by atoms with Crippen molar-refractivity contribution >= 4 is 17.5 Å². The summed E-state index contributed by atoms with van der Waals surface area (Å²) in [6.07, 6.45) is 5.73. The van der Waals surface area contributed by atoms with Crippen molar-refractivity contribution in [2.24, 2.45) is 5.92 Å². The maximum absolute atomic E-state index is 11.4. The Labute approximate surface area is 85.2 Å². The molecule has 0 aromatic rings. The van der Waals surface area contributed by atoms with Crippen molar-refractivity contribution in [2.75, 3.05) is 19.5 Å². The lowest BCUT2D eigenvalue weighted by atomic mass is 10.1. The monoisotopic (exact) mass is 203 g/mol. The number of halogens is 1. The van der Waals surface area contributed by atoms with Gasteiger partial charge in [-0.1, -0.05) is 12.8 Å². The minimum absolute atomic E-state index is 0.182. The van der Waals surface area contributed by atoms with E-state index >= 15 is 0 Å². The molecule has 1 fully saturated rings. The van der Waals surface area contributed by atoms with Crippen LogP contribution >= 0.6 is 11.6 Å². The van der Waals surface area contributed by atoms with E-state index in [-0.39, 0.29) is 5.91 Å². The zero-order valence-corrected chi connectivity index (χ0v) is 9.02. The Morgan fingerprint density at radius 2 is 2.08 bits per heavy atom. The SMILES string of the molecule is CN(CC1CCCC1)C(=O)CCCl. The van der Waals surface area contributed by atoms with Crippen molar-refractivity contribution in [1.29, 1.82) is 0 Å². The van der Waals surface area contributed by atoms with Crippen molar-refractivity contribution in [3.8, 4) is 0 Å². The molecule has 0 radical (unpaired) electrons. The van der Waals surface area contributed by atoms with Crippen LogP contribution in [0.5, 0.6) is 0 Å². The number of amides is 1. The van der Waals surface area contributed by atoms with Crippen molar-refractivity contribution in [1.82, 2.24) is 4.90 Å². The Morgan fingerprint density at radius 3 is 2.62 bits per heavy atom. The Hall–Kier alpha value is -0.240. The summed E-state index contributed by atoms with van der Waals surface area (Å²) in [7, 11) is 1.88. The minimum Gasteiger partial charge on any atom is -0.345 e. The standard InChI is InChI=1S/C10H18ClNO/c1-12(10(13)6-7-11)8-9-4-2-3-5-9/h9H,2-8H2,1H3. The average molecular weight is 204 g/mol. The van der Waals surface area contributed by atoms with Crippen LogP contribution in [0.15, 0.2) is 0 Å². The smallest absolute Gasteiger partial charge is 0.223 e. The molecule has 1 rings (SSSR count). The zero-order valence-electron chi connectivity index (χ0n) is 8.26. The first kappa shape index (κ1) is 10.8. The van der Waals surface area contributed by atoms with E-state index in [1.54, 1.807) is 0 Å². The van der Waals surface area contributed by atoms with Crippen LogP contribution < -0.4 is 0 Å². The van der Waals surface area contributed by atoms with Crippen LogP contribution in [0.2, 0.25) is 0 Å². The summed E-state index contributed by atoms with van der Waals surface area (Å²) in [4.78, 5) is 13.2. The highest BCUT2D eigenvalue weighted by molar-refractivity contribution is 6.18. The summed E-state index contributed by atoms with van der Waals surface area (Å²) in [6.45, 7) is 0.926. The Morgan fingerprint density at radius 1 is 1.46 bits per heavy atom. The van der Waals surface area contributed by atoms with Gasteiger partial charge < -0.3 is 4.90 Å². The molecule has 1 saturated carbocycles. The molecule has 76 valence electrons. The van der Waals surface area contributed by atoms with Crippen LogP contribution in [-0.4, -0.2) is 30.3 Å². The van der Waals surface area contributed by atoms with Crippen molar-refractivity contribution in [2.45, 2.75) is 32.1 Å². The van der Waals surface area contributed by atoms with Crippen LogP contribution in [0.25, 0.3) is 0 Å². The second-order valence-corrected chi connectivity index (χ2v) is 4.24. The number of carbonyl (C=O) groups excluding carboxylic acids is 1. The van der Waals surface area contributed by atoms with Crippen LogP contribution in [-0.2, 0) is 4.79 Å². The number of alkyl halides is 1. The van der Waals surface area contributed by atoms with E-state index in [1.165, 1.54) is 25.7 Å². The summed E-state index contributed by atoms with van der Waals surface area (Å²) in [6, 6.07) is 0. The molecule has 0 aliphatic heterocycles. The molecule has 0 N–H and O–H groups in total. The van der Waals surface area contributed by atoms with Gasteiger partial charge in [-0.3, -0.25) is 4.79 Å². The van der Waals surface area contributed by atoms with Gasteiger partial charge in [0.2, 0.25) is 5.91 Å². The predicted molar refractivity (Wildman–Crippen MR) is 54.9 cm³/mol. The molecule has 2 nitrogen and oxygen atoms in total. The zero-order chi connectivity index (χ0) is 9.68. The Bertz CT molecular complexity index is 166. The van der Waals surface area contributed by atoms with E-state index in [0.717, 1.165) is 12.5 Å². The third kappa shape index (κ3) is 3.55. The third-order valence-electron chi connectivity index (χ3n) is 2.74. The minimum atomic E-state index is 0.182. The van der Waals surface area contributed by atoms with E-state index in [0.29, 0.717) is 12.3 Å². The maximum Gasteiger partial charge on any atom is 0.223 e. The molecule has 0 aromatic carbocycles. The molecule has 0 heterocycles. The van der Waals surface area contributed by atoms with Gasteiger partial charge in [-0.25, -0.2) is 0 Å². The van der Waals surface area contributed by atoms with Crippen LogP contribution in [0.3, 0.4) is 0 Å². The fourth-order valence-corrected chi connectivity index (χ4v) is 2.12. The van der Waals surface area contributed by atoms with Gasteiger partial charge in [0.15, 0.2) is 0 Å². The third-order valence-corrected chi connectivity index (χ3v) is 2.93. The molecule has 13 heavy (non-hydrogen) atoms. The largest absolute Gasteiger partial charge is 0.345 e. The van der Waals surface area contributed by atoms with Crippen molar-refractivity contribution in [3.05, 3.63) is 0 Å². The van der Waals surface area contributed by atoms with Gasteiger partial charge in [-0.15, -0.1) is 11.6 Å². The van der Waals surface area contributed by atoms with E-state index < -0.39 is 0 Å². The highest BCUT2D eigenvalue weighted by Gasteiger charge is 2.18. The topological polar surface area (TPSA) is 20.3 Å². The Kier molecular flexibility index (Phi) is 4.57. The number of nitrogens with zero attached hydrogens (tertiary/aromatic N) is 1. The van der Waals surface area contributed by atoms with Crippen LogP contribution in [0.1, 0.15) is 32.1 Å². The lowest BCUT2D eigenvalue weighted by Gasteiger charge is -2.20. The fourth-order valence-electron chi connectivity index (χ4n) is 1.95. The summed E-state index contributed by atoms with van der Waals surface area (Å²) in [5.41, 5.74) is 0. The molecule has 0 aromatic heterocycles. The molecule has 1 aliphatic carbocycles. The normalized spacial score (nSPS) is 17.7. The molecule has 1 amide bonds. The number of hydrogen-bond donors (Lipinski definition) is 0. The quantitative estimate of drug-likeness (QED) is 0.642. The summed E-state index contributed by atoms with van der Waals surface area (Å²) in [5.74, 6) is 1.36. The average Bonchev–Trinajstić information content (AvgIpc) is 2.57. The summed E-state index contributed by atoms with van der Waals surface area (Å²) >= 11 is 5.51. The van der Waals surface area contributed by atoms with Gasteiger partial charge in [0.1, 0.15) is 0 Å².